The fourth-order valence-electron chi connectivity index (χ4n) is 2.78. The Morgan fingerprint density at radius 2 is 1.88 bits per heavy atom. The first kappa shape index (κ1) is 17.7. The summed E-state index contributed by atoms with van der Waals surface area (Å²) in [5.74, 6) is -0.188. The van der Waals surface area contributed by atoms with Gasteiger partial charge in [-0.25, -0.2) is 4.79 Å². The number of aromatic amines is 1. The molecule has 1 heterocycles. The maximum atomic E-state index is 12.6. The molecule has 0 fully saturated rings. The van der Waals surface area contributed by atoms with Crippen molar-refractivity contribution < 1.29 is 19.1 Å². The van der Waals surface area contributed by atoms with E-state index in [2.05, 4.69) is 4.98 Å². The van der Waals surface area contributed by atoms with Crippen LogP contribution in [0.4, 0.5) is 0 Å². The highest BCUT2D eigenvalue weighted by Gasteiger charge is 2.22. The molecule has 0 amide bonds. The predicted octanol–water partition coefficient (Wildman–Crippen LogP) is 3.98. The molecule has 0 aliphatic heterocycles. The Hall–Kier alpha value is -3.08. The first-order valence-corrected chi connectivity index (χ1v) is 8.45. The third kappa shape index (κ3) is 3.77. The summed E-state index contributed by atoms with van der Waals surface area (Å²) in [6.45, 7) is 5.19. The molecular formula is C21H21NO4. The van der Waals surface area contributed by atoms with Crippen LogP contribution in [0.25, 0.3) is 10.9 Å². The number of para-hydroxylation sites is 1. The summed E-state index contributed by atoms with van der Waals surface area (Å²) in [6.07, 6.45) is 0.758. The molecule has 1 unspecified atom stereocenters. The lowest BCUT2D eigenvalue weighted by Crippen LogP contribution is -2.27. The second-order valence-electron chi connectivity index (χ2n) is 6.30. The zero-order valence-corrected chi connectivity index (χ0v) is 15.0. The van der Waals surface area contributed by atoms with Crippen molar-refractivity contribution >= 4 is 22.7 Å². The van der Waals surface area contributed by atoms with Crippen molar-refractivity contribution in [3.63, 3.8) is 0 Å². The summed E-state index contributed by atoms with van der Waals surface area (Å²) in [5, 5.41) is 0.812. The van der Waals surface area contributed by atoms with E-state index in [0.29, 0.717) is 11.3 Å². The number of hydrogen-bond acceptors (Lipinski definition) is 4. The van der Waals surface area contributed by atoms with Crippen molar-refractivity contribution in [3.8, 4) is 5.75 Å². The van der Waals surface area contributed by atoms with E-state index in [9.17, 15) is 9.59 Å². The van der Waals surface area contributed by atoms with Crippen molar-refractivity contribution in [1.29, 1.82) is 0 Å². The number of H-pyrrole nitrogens is 1. The number of esters is 1. The fraction of sp³-hybridized carbons (Fsp3) is 0.238. The van der Waals surface area contributed by atoms with Crippen molar-refractivity contribution in [2.24, 2.45) is 0 Å². The number of hydrogen-bond donors (Lipinski definition) is 1. The van der Waals surface area contributed by atoms with Crippen molar-refractivity contribution in [3.05, 3.63) is 65.4 Å². The highest BCUT2D eigenvalue weighted by Crippen LogP contribution is 2.21. The van der Waals surface area contributed by atoms with E-state index >= 15 is 0 Å². The minimum absolute atomic E-state index is 0.240. The molecule has 26 heavy (non-hydrogen) atoms. The van der Waals surface area contributed by atoms with Crippen LogP contribution in [0.5, 0.6) is 5.75 Å². The van der Waals surface area contributed by atoms with E-state index in [1.165, 1.54) is 0 Å². The number of benzene rings is 2. The predicted molar refractivity (Wildman–Crippen MR) is 99.6 cm³/mol. The molecule has 0 saturated heterocycles. The molecule has 3 rings (SSSR count). The molecule has 1 N–H and O–H groups in total. The lowest BCUT2D eigenvalue weighted by molar-refractivity contribution is -0.148. The maximum absolute atomic E-state index is 12.6. The Morgan fingerprint density at radius 3 is 2.69 bits per heavy atom. The summed E-state index contributed by atoms with van der Waals surface area (Å²) in [4.78, 5) is 27.7. The highest BCUT2D eigenvalue weighted by molar-refractivity contribution is 6.10. The summed E-state index contributed by atoms with van der Waals surface area (Å²) >= 11 is 0. The van der Waals surface area contributed by atoms with Gasteiger partial charge in [0.25, 0.3) is 0 Å². The van der Waals surface area contributed by atoms with Crippen LogP contribution in [0.3, 0.4) is 0 Å². The van der Waals surface area contributed by atoms with E-state index in [1.807, 2.05) is 56.3 Å². The van der Waals surface area contributed by atoms with Gasteiger partial charge in [-0.15, -0.1) is 0 Å². The summed E-state index contributed by atoms with van der Waals surface area (Å²) in [5.41, 5.74) is 3.36. The van der Waals surface area contributed by atoms with E-state index in [0.717, 1.165) is 22.0 Å². The number of carbonyl (C=O) groups excluding carboxylic acids is 2. The van der Waals surface area contributed by atoms with E-state index in [-0.39, 0.29) is 12.4 Å². The smallest absolute Gasteiger partial charge is 0.344 e. The number of fused-ring (bicyclic) bond motifs is 1. The largest absolute Gasteiger partial charge is 0.482 e. The van der Waals surface area contributed by atoms with E-state index in [1.54, 1.807) is 13.1 Å². The first-order valence-electron chi connectivity index (χ1n) is 8.45. The molecule has 1 atom stereocenters. The van der Waals surface area contributed by atoms with Gasteiger partial charge in [0.15, 0.2) is 12.7 Å². The van der Waals surface area contributed by atoms with Gasteiger partial charge in [0, 0.05) is 22.7 Å². The van der Waals surface area contributed by atoms with E-state index in [4.69, 9.17) is 9.47 Å². The number of aryl methyl sites for hydroxylation is 2. The lowest BCUT2D eigenvalue weighted by Gasteiger charge is -2.13. The maximum Gasteiger partial charge on any atom is 0.344 e. The number of carbonyl (C=O) groups is 2. The number of ketones is 1. The van der Waals surface area contributed by atoms with Gasteiger partial charge < -0.3 is 14.5 Å². The average molecular weight is 351 g/mol. The molecule has 3 aromatic rings. The van der Waals surface area contributed by atoms with Gasteiger partial charge in [-0.2, -0.15) is 0 Å². The first-order chi connectivity index (χ1) is 12.5. The van der Waals surface area contributed by atoms with Crippen LogP contribution in [-0.4, -0.2) is 29.4 Å². The van der Waals surface area contributed by atoms with Crippen molar-refractivity contribution in [1.82, 2.24) is 4.98 Å². The monoisotopic (exact) mass is 351 g/mol. The van der Waals surface area contributed by atoms with Crippen molar-refractivity contribution in [2.75, 3.05) is 6.61 Å². The standard InChI is InChI=1S/C21H21NO4/c1-13-8-9-14(2)19(10-13)25-12-20(23)26-15(3)21(24)17-11-22-18-7-5-4-6-16(17)18/h4-11,15,22H,12H2,1-3H3. The number of ether oxygens (including phenoxy) is 2. The normalized spacial score (nSPS) is 12.0. The van der Waals surface area contributed by atoms with Gasteiger partial charge in [-0.1, -0.05) is 30.3 Å². The minimum atomic E-state index is -0.885. The SMILES string of the molecule is Cc1ccc(C)c(OCC(=O)OC(C)C(=O)c2c[nH]c3ccccc23)c1. The Balaban J connectivity index is 1.62. The summed E-state index contributed by atoms with van der Waals surface area (Å²) < 4.78 is 10.8. The quantitative estimate of drug-likeness (QED) is 0.539. The molecule has 0 bridgehead atoms. The summed E-state index contributed by atoms with van der Waals surface area (Å²) in [7, 11) is 0. The molecule has 0 spiro atoms. The minimum Gasteiger partial charge on any atom is -0.482 e. The Kier molecular flexibility index (Phi) is 5.07. The van der Waals surface area contributed by atoms with Gasteiger partial charge in [0.1, 0.15) is 5.75 Å². The summed E-state index contributed by atoms with van der Waals surface area (Å²) in [6, 6.07) is 13.3. The second kappa shape index (κ2) is 7.44. The molecule has 0 aliphatic rings. The Bertz CT molecular complexity index is 958. The van der Waals surface area contributed by atoms with Gasteiger partial charge in [0.2, 0.25) is 5.78 Å². The van der Waals surface area contributed by atoms with Crippen molar-refractivity contribution in [2.45, 2.75) is 26.9 Å². The molecule has 5 heteroatoms. The average Bonchev–Trinajstić information content (AvgIpc) is 3.05. The van der Waals surface area contributed by atoms with Crippen LogP contribution in [0.1, 0.15) is 28.4 Å². The molecule has 5 nitrogen and oxygen atoms in total. The molecule has 0 radical (unpaired) electrons. The zero-order valence-electron chi connectivity index (χ0n) is 15.0. The zero-order chi connectivity index (χ0) is 18.7. The van der Waals surface area contributed by atoms with Crippen LogP contribution in [0.2, 0.25) is 0 Å². The van der Waals surface area contributed by atoms with Gasteiger partial charge >= 0.3 is 5.97 Å². The number of rotatable bonds is 6. The van der Waals surface area contributed by atoms with Crippen LogP contribution >= 0.6 is 0 Å². The highest BCUT2D eigenvalue weighted by atomic mass is 16.6. The van der Waals surface area contributed by atoms with Gasteiger partial charge in [0.05, 0.1) is 0 Å². The van der Waals surface area contributed by atoms with Gasteiger partial charge in [-0.3, -0.25) is 4.79 Å². The van der Waals surface area contributed by atoms with Crippen LogP contribution in [0.15, 0.2) is 48.7 Å². The molecule has 1 aromatic heterocycles. The fourth-order valence-corrected chi connectivity index (χ4v) is 2.78. The molecule has 134 valence electrons. The van der Waals surface area contributed by atoms with Crippen LogP contribution < -0.4 is 4.74 Å². The second-order valence-corrected chi connectivity index (χ2v) is 6.30. The number of aromatic nitrogens is 1. The molecular weight excluding hydrogens is 330 g/mol. The lowest BCUT2D eigenvalue weighted by atomic mass is 10.1. The molecule has 0 saturated carbocycles. The molecule has 0 aliphatic carbocycles. The number of nitrogens with one attached hydrogen (secondary N) is 1. The molecule has 2 aromatic carbocycles. The Morgan fingerprint density at radius 1 is 1.12 bits per heavy atom. The van der Waals surface area contributed by atoms with Crippen LogP contribution in [-0.2, 0) is 9.53 Å². The van der Waals surface area contributed by atoms with E-state index < -0.39 is 12.1 Å². The topological polar surface area (TPSA) is 68.4 Å². The third-order valence-corrected chi connectivity index (χ3v) is 4.22. The van der Waals surface area contributed by atoms with Gasteiger partial charge in [-0.05, 0) is 44.0 Å². The Labute approximate surface area is 151 Å². The third-order valence-electron chi connectivity index (χ3n) is 4.22. The number of Topliss-reactive ketones (excluding diaryl/α,β-unsaturated/α-hetero) is 1. The van der Waals surface area contributed by atoms with Crippen LogP contribution in [0, 0.1) is 13.8 Å².